The Kier molecular flexibility index (Phi) is 8.13. The average Bonchev–Trinajstić information content (AvgIpc) is 2.78. The van der Waals surface area contributed by atoms with Crippen molar-refractivity contribution in [1.82, 2.24) is 5.32 Å². The molecule has 0 unspecified atom stereocenters. The van der Waals surface area contributed by atoms with Crippen LogP contribution < -0.4 is 20.1 Å². The fourth-order valence-electron chi connectivity index (χ4n) is 2.73. The van der Waals surface area contributed by atoms with Crippen LogP contribution in [0.4, 0.5) is 18.9 Å². The molecule has 0 saturated carbocycles. The van der Waals surface area contributed by atoms with Gasteiger partial charge in [0.2, 0.25) is 0 Å². The number of para-hydroxylation sites is 2. The molecule has 172 valence electrons. The Hall–Kier alpha value is -3.30. The second-order valence-corrected chi connectivity index (χ2v) is 7.42. The normalized spacial score (nSPS) is 10.9. The van der Waals surface area contributed by atoms with Crippen molar-refractivity contribution in [3.63, 3.8) is 0 Å². The number of carbonyl (C=O) groups is 1. The van der Waals surface area contributed by atoms with Crippen LogP contribution in [0.2, 0.25) is 5.02 Å². The van der Waals surface area contributed by atoms with Crippen LogP contribution in [0.25, 0.3) is 0 Å². The standard InChI is InChI=1S/C23H18ClF3N2O3S/c24-18-11-10-15(23(25,26)27)14-19(18)28-22(33)29-21(30)17-8-4-5-9-20(17)32-13-12-31-16-6-2-1-3-7-16/h1-11,14H,12-13H2,(H2,28,29,30,33). The van der Waals surface area contributed by atoms with Crippen LogP contribution in [0.3, 0.4) is 0 Å². The first kappa shape index (κ1) is 24.3. The van der Waals surface area contributed by atoms with Gasteiger partial charge in [-0.25, -0.2) is 0 Å². The van der Waals surface area contributed by atoms with E-state index < -0.39 is 17.6 Å². The Labute approximate surface area is 198 Å². The first-order chi connectivity index (χ1) is 15.7. The van der Waals surface area contributed by atoms with Crippen molar-refractivity contribution in [2.75, 3.05) is 18.5 Å². The number of thiocarbonyl (C=S) groups is 1. The van der Waals surface area contributed by atoms with Gasteiger partial charge in [0.25, 0.3) is 5.91 Å². The highest BCUT2D eigenvalue weighted by atomic mass is 35.5. The predicted octanol–water partition coefficient (Wildman–Crippen LogP) is 5.94. The summed E-state index contributed by atoms with van der Waals surface area (Å²) in [6, 6.07) is 18.4. The van der Waals surface area contributed by atoms with Crippen molar-refractivity contribution in [2.24, 2.45) is 0 Å². The smallest absolute Gasteiger partial charge is 0.416 e. The van der Waals surface area contributed by atoms with E-state index in [2.05, 4.69) is 10.6 Å². The van der Waals surface area contributed by atoms with Gasteiger partial charge in [-0.1, -0.05) is 41.9 Å². The summed E-state index contributed by atoms with van der Waals surface area (Å²) in [5, 5.41) is 4.73. The van der Waals surface area contributed by atoms with Crippen LogP contribution >= 0.6 is 23.8 Å². The quantitative estimate of drug-likeness (QED) is 0.314. The lowest BCUT2D eigenvalue weighted by molar-refractivity contribution is -0.137. The predicted molar refractivity (Wildman–Crippen MR) is 124 cm³/mol. The number of anilines is 1. The molecule has 10 heteroatoms. The maximum atomic E-state index is 12.9. The molecule has 1 amide bonds. The van der Waals surface area contributed by atoms with Crippen LogP contribution in [-0.4, -0.2) is 24.2 Å². The second-order valence-electron chi connectivity index (χ2n) is 6.61. The Bertz CT molecular complexity index is 1130. The Morgan fingerprint density at radius 3 is 2.33 bits per heavy atom. The van der Waals surface area contributed by atoms with E-state index in [4.69, 9.17) is 33.3 Å². The summed E-state index contributed by atoms with van der Waals surface area (Å²) in [5.74, 6) is 0.388. The van der Waals surface area contributed by atoms with Gasteiger partial charge >= 0.3 is 6.18 Å². The number of hydrogen-bond donors (Lipinski definition) is 2. The molecule has 3 rings (SSSR count). The van der Waals surface area contributed by atoms with E-state index >= 15 is 0 Å². The molecule has 33 heavy (non-hydrogen) atoms. The molecule has 0 heterocycles. The molecule has 0 aliphatic carbocycles. The third-order valence-electron chi connectivity index (χ3n) is 4.25. The third kappa shape index (κ3) is 7.10. The SMILES string of the molecule is O=C(NC(=S)Nc1cc(C(F)(F)F)ccc1Cl)c1ccccc1OCCOc1ccccc1. The maximum Gasteiger partial charge on any atom is 0.416 e. The number of rotatable bonds is 7. The van der Waals surface area contributed by atoms with Crippen LogP contribution in [-0.2, 0) is 6.18 Å². The Morgan fingerprint density at radius 2 is 1.61 bits per heavy atom. The molecule has 0 radical (unpaired) electrons. The number of ether oxygens (including phenoxy) is 2. The van der Waals surface area contributed by atoms with Crippen molar-refractivity contribution in [3.8, 4) is 11.5 Å². The molecule has 0 aromatic heterocycles. The third-order valence-corrected chi connectivity index (χ3v) is 4.79. The van der Waals surface area contributed by atoms with Crippen molar-refractivity contribution in [3.05, 3.63) is 88.9 Å². The average molecular weight is 495 g/mol. The highest BCUT2D eigenvalue weighted by molar-refractivity contribution is 7.80. The van der Waals surface area contributed by atoms with Crippen molar-refractivity contribution in [2.45, 2.75) is 6.18 Å². The van der Waals surface area contributed by atoms with Gasteiger partial charge in [-0.2, -0.15) is 13.2 Å². The molecular formula is C23H18ClF3N2O3S. The van der Waals surface area contributed by atoms with E-state index in [9.17, 15) is 18.0 Å². The highest BCUT2D eigenvalue weighted by Gasteiger charge is 2.31. The first-order valence-electron chi connectivity index (χ1n) is 9.63. The largest absolute Gasteiger partial charge is 0.490 e. The molecule has 0 fully saturated rings. The van der Waals surface area contributed by atoms with Gasteiger partial charge in [-0.15, -0.1) is 0 Å². The van der Waals surface area contributed by atoms with Crippen LogP contribution in [0.5, 0.6) is 11.5 Å². The summed E-state index contributed by atoms with van der Waals surface area (Å²) in [6.07, 6.45) is -4.55. The van der Waals surface area contributed by atoms with E-state index in [1.807, 2.05) is 30.3 Å². The molecule has 2 N–H and O–H groups in total. The zero-order valence-corrected chi connectivity index (χ0v) is 18.6. The number of alkyl halides is 3. The van der Waals surface area contributed by atoms with Gasteiger partial charge in [-0.3, -0.25) is 10.1 Å². The molecule has 3 aromatic carbocycles. The minimum Gasteiger partial charge on any atom is -0.490 e. The molecule has 5 nitrogen and oxygen atoms in total. The van der Waals surface area contributed by atoms with Gasteiger partial charge in [-0.05, 0) is 54.7 Å². The van der Waals surface area contributed by atoms with Crippen molar-refractivity contribution < 1.29 is 27.4 Å². The van der Waals surface area contributed by atoms with Crippen molar-refractivity contribution >= 4 is 40.5 Å². The Balaban J connectivity index is 1.59. The number of hydrogen-bond acceptors (Lipinski definition) is 4. The maximum absolute atomic E-state index is 12.9. The summed E-state index contributed by atoms with van der Waals surface area (Å²) >= 11 is 11.0. The molecule has 0 spiro atoms. The zero-order chi connectivity index (χ0) is 23.8. The van der Waals surface area contributed by atoms with E-state index in [0.717, 1.165) is 18.2 Å². The molecule has 0 aliphatic rings. The first-order valence-corrected chi connectivity index (χ1v) is 10.4. The molecule has 0 aliphatic heterocycles. The fraction of sp³-hybridized carbons (Fsp3) is 0.130. The van der Waals surface area contributed by atoms with E-state index in [1.54, 1.807) is 18.2 Å². The van der Waals surface area contributed by atoms with Gasteiger partial charge in [0.15, 0.2) is 5.11 Å². The van der Waals surface area contributed by atoms with Gasteiger partial charge < -0.3 is 14.8 Å². The molecular weight excluding hydrogens is 477 g/mol. The minimum atomic E-state index is -4.55. The summed E-state index contributed by atoms with van der Waals surface area (Å²) in [4.78, 5) is 12.7. The monoisotopic (exact) mass is 494 g/mol. The summed E-state index contributed by atoms with van der Waals surface area (Å²) in [5.41, 5.74) is -0.795. The Morgan fingerprint density at radius 1 is 0.939 bits per heavy atom. The number of carbonyl (C=O) groups excluding carboxylic acids is 1. The lowest BCUT2D eigenvalue weighted by Gasteiger charge is -2.15. The van der Waals surface area contributed by atoms with E-state index in [-0.39, 0.29) is 34.6 Å². The van der Waals surface area contributed by atoms with Crippen molar-refractivity contribution in [1.29, 1.82) is 0 Å². The van der Waals surface area contributed by atoms with E-state index in [0.29, 0.717) is 11.5 Å². The minimum absolute atomic E-state index is 0.0155. The van der Waals surface area contributed by atoms with Gasteiger partial charge in [0.05, 0.1) is 21.8 Å². The van der Waals surface area contributed by atoms with Gasteiger partial charge in [0, 0.05) is 0 Å². The lowest BCUT2D eigenvalue weighted by atomic mass is 10.2. The summed E-state index contributed by atoms with van der Waals surface area (Å²) in [6.45, 7) is 0.440. The summed E-state index contributed by atoms with van der Waals surface area (Å²) < 4.78 is 50.0. The fourth-order valence-corrected chi connectivity index (χ4v) is 3.10. The number of amides is 1. The molecule has 3 aromatic rings. The number of benzene rings is 3. The number of halogens is 4. The lowest BCUT2D eigenvalue weighted by Crippen LogP contribution is -2.34. The molecule has 0 atom stereocenters. The highest BCUT2D eigenvalue weighted by Crippen LogP contribution is 2.33. The molecule has 0 bridgehead atoms. The van der Waals surface area contributed by atoms with Crippen LogP contribution in [0.1, 0.15) is 15.9 Å². The van der Waals surface area contributed by atoms with Gasteiger partial charge in [0.1, 0.15) is 24.7 Å². The number of nitrogens with one attached hydrogen (secondary N) is 2. The topological polar surface area (TPSA) is 59.6 Å². The second kappa shape index (κ2) is 11.0. The summed E-state index contributed by atoms with van der Waals surface area (Å²) in [7, 11) is 0. The van der Waals surface area contributed by atoms with E-state index in [1.165, 1.54) is 6.07 Å². The zero-order valence-electron chi connectivity index (χ0n) is 17.0. The van der Waals surface area contributed by atoms with Crippen LogP contribution in [0, 0.1) is 0 Å². The molecule has 0 saturated heterocycles. The van der Waals surface area contributed by atoms with Crippen LogP contribution in [0.15, 0.2) is 72.8 Å².